The highest BCUT2D eigenvalue weighted by Gasteiger charge is 2.32. The van der Waals surface area contributed by atoms with E-state index in [4.69, 9.17) is 19.4 Å². The number of aromatic nitrogens is 3. The lowest BCUT2D eigenvalue weighted by atomic mass is 9.87. The van der Waals surface area contributed by atoms with Crippen LogP contribution >= 0.6 is 0 Å². The van der Waals surface area contributed by atoms with Gasteiger partial charge in [0.25, 0.3) is 15.9 Å². The molecule has 1 atom stereocenters. The molecule has 4 aromatic rings. The van der Waals surface area contributed by atoms with Gasteiger partial charge in [-0.1, -0.05) is 72.7 Å². The number of amides is 1. The Bertz CT molecular complexity index is 1980. The van der Waals surface area contributed by atoms with E-state index in [0.717, 1.165) is 35.5 Å². The fourth-order valence-corrected chi connectivity index (χ4v) is 7.86. The molecule has 2 aromatic carbocycles. The molecule has 1 fully saturated rings. The third-order valence-electron chi connectivity index (χ3n) is 9.44. The van der Waals surface area contributed by atoms with E-state index in [1.807, 2.05) is 24.4 Å². The Morgan fingerprint density at radius 3 is 2.25 bits per heavy atom. The summed E-state index contributed by atoms with van der Waals surface area (Å²) in [5.41, 5.74) is 5.42. The van der Waals surface area contributed by atoms with Gasteiger partial charge < -0.3 is 19.3 Å². The molecule has 2 aromatic heterocycles. The van der Waals surface area contributed by atoms with Crippen LogP contribution in [-0.2, 0) is 21.3 Å². The molecule has 1 amide bonds. The third kappa shape index (κ3) is 8.56. The summed E-state index contributed by atoms with van der Waals surface area (Å²) in [6, 6.07) is 17.6. The molecule has 6 rings (SSSR count). The minimum Gasteiger partial charge on any atom is -0.475 e. The predicted octanol–water partition coefficient (Wildman–Crippen LogP) is 7.26. The molecule has 0 unspecified atom stereocenters. The number of pyridine rings is 1. The van der Waals surface area contributed by atoms with Crippen molar-refractivity contribution in [3.05, 3.63) is 89.2 Å². The van der Waals surface area contributed by atoms with Gasteiger partial charge in [0.05, 0.1) is 54.0 Å². The van der Waals surface area contributed by atoms with E-state index in [0.29, 0.717) is 31.0 Å². The Morgan fingerprint density at radius 1 is 0.923 bits per heavy atom. The smallest absolute Gasteiger partial charge is 0.264 e. The van der Waals surface area contributed by atoms with Crippen LogP contribution in [-0.4, -0.2) is 73.1 Å². The van der Waals surface area contributed by atoms with Crippen LogP contribution in [0.2, 0.25) is 0 Å². The molecule has 0 aliphatic carbocycles. The second kappa shape index (κ2) is 15.2. The summed E-state index contributed by atoms with van der Waals surface area (Å²) in [6.07, 6.45) is 2.43. The van der Waals surface area contributed by atoms with Crippen molar-refractivity contribution in [2.45, 2.75) is 84.2 Å². The second-order valence-corrected chi connectivity index (χ2v) is 17.1. The van der Waals surface area contributed by atoms with Crippen molar-refractivity contribution < 1.29 is 22.7 Å². The minimum absolute atomic E-state index is 0.0696. The normalized spacial score (nSPS) is 17.9. The lowest BCUT2D eigenvalue weighted by molar-refractivity contribution is 0.0509. The molecule has 11 nitrogen and oxygen atoms in total. The Kier molecular flexibility index (Phi) is 10.9. The lowest BCUT2D eigenvalue weighted by Gasteiger charge is -2.35. The van der Waals surface area contributed by atoms with Crippen molar-refractivity contribution in [2.24, 2.45) is 5.41 Å². The van der Waals surface area contributed by atoms with Gasteiger partial charge in [0.2, 0.25) is 11.8 Å². The van der Waals surface area contributed by atoms with Gasteiger partial charge in [-0.25, -0.2) is 18.1 Å². The lowest BCUT2D eigenvalue weighted by Crippen LogP contribution is -2.45. The van der Waals surface area contributed by atoms with E-state index < -0.39 is 16.1 Å². The van der Waals surface area contributed by atoms with E-state index >= 15 is 0 Å². The summed E-state index contributed by atoms with van der Waals surface area (Å²) in [5, 5.41) is 0. The van der Waals surface area contributed by atoms with Crippen LogP contribution in [0.5, 0.6) is 5.88 Å². The first-order valence-corrected chi connectivity index (χ1v) is 19.5. The molecule has 1 N–H and O–H groups in total. The van der Waals surface area contributed by atoms with E-state index in [9.17, 15) is 13.2 Å². The number of carbonyl (C=O) groups excluding carboxylic acids is 1. The van der Waals surface area contributed by atoms with Crippen molar-refractivity contribution >= 4 is 27.6 Å². The van der Waals surface area contributed by atoms with Crippen LogP contribution < -0.4 is 14.4 Å². The number of morpholine rings is 1. The van der Waals surface area contributed by atoms with Gasteiger partial charge in [0.15, 0.2) is 0 Å². The maximum atomic E-state index is 14.5. The van der Waals surface area contributed by atoms with Crippen molar-refractivity contribution in [1.29, 1.82) is 0 Å². The van der Waals surface area contributed by atoms with Crippen molar-refractivity contribution in [2.75, 3.05) is 42.5 Å². The van der Waals surface area contributed by atoms with Crippen LogP contribution in [0, 0.1) is 5.41 Å². The number of carbonyl (C=O) groups is 1. The maximum absolute atomic E-state index is 14.5. The highest BCUT2D eigenvalue weighted by Crippen LogP contribution is 2.37. The molecule has 12 heteroatoms. The molecule has 2 aliphatic heterocycles. The number of nitrogens with one attached hydrogen (secondary N) is 1. The fraction of sp³-hybridized carbons (Fsp3) is 0.450. The zero-order chi connectivity index (χ0) is 37.2. The van der Waals surface area contributed by atoms with Gasteiger partial charge in [0.1, 0.15) is 6.61 Å². The van der Waals surface area contributed by atoms with E-state index in [1.165, 1.54) is 12.1 Å². The molecule has 0 spiro atoms. The van der Waals surface area contributed by atoms with Crippen molar-refractivity contribution in [1.82, 2.24) is 19.9 Å². The summed E-state index contributed by atoms with van der Waals surface area (Å²) in [5.74, 6) is 0.139. The fourth-order valence-electron chi connectivity index (χ4n) is 6.87. The van der Waals surface area contributed by atoms with E-state index in [1.54, 1.807) is 23.1 Å². The number of sulfonamides is 1. The molecular weight excluding hydrogens is 677 g/mol. The van der Waals surface area contributed by atoms with Gasteiger partial charge in [-0.15, -0.1) is 0 Å². The Balaban J connectivity index is 1.46. The van der Waals surface area contributed by atoms with Crippen molar-refractivity contribution in [3.63, 3.8) is 0 Å². The van der Waals surface area contributed by atoms with Gasteiger partial charge in [-0.05, 0) is 65.1 Å². The highest BCUT2D eigenvalue weighted by atomic mass is 32.2. The summed E-state index contributed by atoms with van der Waals surface area (Å²) < 4.78 is 42.4. The molecule has 1 saturated heterocycles. The summed E-state index contributed by atoms with van der Waals surface area (Å²) in [7, 11) is -4.20. The molecule has 4 bridgehead atoms. The van der Waals surface area contributed by atoms with Gasteiger partial charge in [0, 0.05) is 30.3 Å². The molecule has 0 radical (unpaired) electrons. The quantitative estimate of drug-likeness (QED) is 0.209. The van der Waals surface area contributed by atoms with Crippen LogP contribution in [0.25, 0.3) is 11.3 Å². The Labute approximate surface area is 307 Å². The first-order valence-electron chi connectivity index (χ1n) is 18.0. The Hall–Kier alpha value is -4.55. The number of ether oxygens (including phenoxy) is 2. The maximum Gasteiger partial charge on any atom is 0.264 e. The van der Waals surface area contributed by atoms with E-state index in [-0.39, 0.29) is 58.6 Å². The largest absolute Gasteiger partial charge is 0.475 e. The topological polar surface area (TPSA) is 127 Å². The van der Waals surface area contributed by atoms with Crippen LogP contribution in [0.4, 0.5) is 11.6 Å². The molecular formula is C40H50N6O5S. The first-order chi connectivity index (χ1) is 24.7. The third-order valence-corrected chi connectivity index (χ3v) is 10.8. The number of hydrogen-bond acceptors (Lipinski definition) is 9. The zero-order valence-corrected chi connectivity index (χ0v) is 32.0. The number of nitrogens with zero attached hydrogens (tertiary/aromatic N) is 5. The number of fused-ring (bicyclic) bond motifs is 4. The average molecular weight is 727 g/mol. The summed E-state index contributed by atoms with van der Waals surface area (Å²) in [4.78, 5) is 32.6. The monoisotopic (exact) mass is 726 g/mol. The average Bonchev–Trinajstić information content (AvgIpc) is 3.11. The highest BCUT2D eigenvalue weighted by molar-refractivity contribution is 7.92. The number of anilines is 2. The summed E-state index contributed by atoms with van der Waals surface area (Å²) in [6.45, 7) is 18.1. The van der Waals surface area contributed by atoms with Gasteiger partial charge in [-0.3, -0.25) is 9.78 Å². The second-order valence-electron chi connectivity index (χ2n) is 15.4. The standard InChI is InChI=1S/C40H50N6O5S/c1-26(2)33-12-9-13-34(27(3)4)37(33)35-21-36-43-39(42-35)44-52(48,49)32-11-8-10-28(20-32)38(47)46(31(25-51-36)22-40(5,6)7)24-29-14-15-30(23-41-29)45-16-18-50-19-17-45/h8-15,20-21,23,26-27,31H,16-19,22,24-25H2,1-7H3,(H,42,43,44)/t31-/m1/s1. The molecule has 52 heavy (non-hydrogen) atoms. The van der Waals surface area contributed by atoms with Crippen molar-refractivity contribution in [3.8, 4) is 17.1 Å². The minimum atomic E-state index is -4.20. The van der Waals surface area contributed by atoms with Crippen LogP contribution in [0.15, 0.2) is 71.8 Å². The number of hydrogen-bond donors (Lipinski definition) is 1. The van der Waals surface area contributed by atoms with Crippen LogP contribution in [0.3, 0.4) is 0 Å². The molecule has 2 aliphatic rings. The zero-order valence-electron chi connectivity index (χ0n) is 31.2. The molecule has 0 saturated carbocycles. The van der Waals surface area contributed by atoms with Gasteiger partial charge >= 0.3 is 0 Å². The number of rotatable bonds is 7. The first kappa shape index (κ1) is 37.2. The van der Waals surface area contributed by atoms with Crippen LogP contribution in [0.1, 0.15) is 93.9 Å². The van der Waals surface area contributed by atoms with E-state index in [2.05, 4.69) is 75.2 Å². The predicted molar refractivity (Wildman–Crippen MR) is 203 cm³/mol. The van der Waals surface area contributed by atoms with Gasteiger partial charge in [-0.2, -0.15) is 4.98 Å². The summed E-state index contributed by atoms with van der Waals surface area (Å²) >= 11 is 0. The Morgan fingerprint density at radius 2 is 1.62 bits per heavy atom. The molecule has 4 heterocycles. The SMILES string of the molecule is CC(C)c1cccc(C(C)C)c1-c1cc2nc(n1)NS(=O)(=O)c1cccc(c1)C(=O)N(Cc1ccc(N3CCOCC3)cn1)[C@H](CC(C)(C)C)CO2. The number of benzene rings is 2. The molecule has 276 valence electrons.